The molecule has 0 spiro atoms. The van der Waals surface area contributed by atoms with E-state index < -0.39 is 10.0 Å². The third-order valence-corrected chi connectivity index (χ3v) is 8.34. The van der Waals surface area contributed by atoms with Crippen LogP contribution < -0.4 is 5.32 Å². The fourth-order valence-electron chi connectivity index (χ4n) is 3.63. The summed E-state index contributed by atoms with van der Waals surface area (Å²) in [5, 5.41) is 2.76. The third kappa shape index (κ3) is 3.21. The van der Waals surface area contributed by atoms with Gasteiger partial charge in [0.15, 0.2) is 0 Å². The fraction of sp³-hybridized carbons (Fsp3) is 0.588. The zero-order valence-corrected chi connectivity index (χ0v) is 15.9. The summed E-state index contributed by atoms with van der Waals surface area (Å²) in [5.74, 6) is 1.15. The van der Waals surface area contributed by atoms with E-state index >= 15 is 0 Å². The molecular weight excluding hydrogens is 344 g/mol. The first kappa shape index (κ1) is 17.8. The number of sulfonamides is 1. The van der Waals surface area contributed by atoms with Crippen molar-refractivity contribution in [3.63, 3.8) is 0 Å². The van der Waals surface area contributed by atoms with Crippen LogP contribution in [0.3, 0.4) is 0 Å². The number of amides is 1. The summed E-state index contributed by atoms with van der Waals surface area (Å²) in [5.41, 5.74) is 0.593. The Labute approximate surface area is 148 Å². The van der Waals surface area contributed by atoms with Crippen molar-refractivity contribution in [2.45, 2.75) is 48.9 Å². The average Bonchev–Trinajstić information content (AvgIpc) is 2.56. The van der Waals surface area contributed by atoms with Gasteiger partial charge in [-0.2, -0.15) is 4.31 Å². The number of rotatable bonds is 3. The molecule has 2 aliphatic rings. The van der Waals surface area contributed by atoms with Gasteiger partial charge in [0.1, 0.15) is 0 Å². The molecule has 1 amide bonds. The molecule has 1 aliphatic carbocycles. The molecule has 132 valence electrons. The zero-order valence-electron chi connectivity index (χ0n) is 14.3. The number of nitrogens with one attached hydrogen (secondary N) is 1. The number of carbonyl (C=O) groups is 1. The molecule has 1 aromatic rings. The van der Waals surface area contributed by atoms with Crippen LogP contribution in [0.5, 0.6) is 0 Å². The fourth-order valence-corrected chi connectivity index (χ4v) is 5.92. The molecule has 0 saturated heterocycles. The highest BCUT2D eigenvalue weighted by Crippen LogP contribution is 2.37. The first-order valence-electron chi connectivity index (χ1n) is 8.35. The molecule has 1 saturated carbocycles. The van der Waals surface area contributed by atoms with Crippen LogP contribution in [0.15, 0.2) is 28.0 Å². The van der Waals surface area contributed by atoms with E-state index in [1.807, 2.05) is 0 Å². The Morgan fingerprint density at radius 2 is 2.00 bits per heavy atom. The third-order valence-electron chi connectivity index (χ3n) is 5.39. The minimum Gasteiger partial charge on any atom is -0.324 e. The summed E-state index contributed by atoms with van der Waals surface area (Å²) in [6, 6.07) is 5.04. The molecule has 1 aromatic carbocycles. The second-order valence-electron chi connectivity index (χ2n) is 6.85. The van der Waals surface area contributed by atoms with Crippen molar-refractivity contribution in [1.29, 1.82) is 0 Å². The number of anilines is 1. The van der Waals surface area contributed by atoms with Crippen LogP contribution in [0.1, 0.15) is 33.1 Å². The van der Waals surface area contributed by atoms with Gasteiger partial charge in [-0.1, -0.05) is 26.7 Å². The van der Waals surface area contributed by atoms with Crippen LogP contribution >= 0.6 is 11.8 Å². The summed E-state index contributed by atoms with van der Waals surface area (Å²) in [6.07, 6.45) is 3.12. The average molecular weight is 369 g/mol. The van der Waals surface area contributed by atoms with Crippen LogP contribution in [0.4, 0.5) is 5.69 Å². The largest absolute Gasteiger partial charge is 0.324 e. The standard InChI is InChI=1S/C17H24N2O3S2/c1-11-5-4-6-15(12(11)2)19(3)24(21,22)13-7-8-16-14(9-13)18-17(20)10-23-16/h7-9,11-12,15H,4-6,10H2,1-3H3,(H,18,20)/t11-,12+,15-/m1/s1. The number of nitrogens with zero attached hydrogens (tertiary/aromatic N) is 1. The Morgan fingerprint density at radius 1 is 1.25 bits per heavy atom. The molecule has 7 heteroatoms. The van der Waals surface area contributed by atoms with Gasteiger partial charge in [-0.25, -0.2) is 8.42 Å². The summed E-state index contributed by atoms with van der Waals surface area (Å²) in [6.45, 7) is 4.34. The molecule has 0 bridgehead atoms. The van der Waals surface area contributed by atoms with E-state index in [4.69, 9.17) is 0 Å². The summed E-state index contributed by atoms with van der Waals surface area (Å²) >= 11 is 1.43. The smallest absolute Gasteiger partial charge is 0.243 e. The summed E-state index contributed by atoms with van der Waals surface area (Å²) in [4.78, 5) is 12.7. The summed E-state index contributed by atoms with van der Waals surface area (Å²) < 4.78 is 27.6. The van der Waals surface area contributed by atoms with Crippen molar-refractivity contribution in [2.24, 2.45) is 11.8 Å². The molecule has 1 aliphatic heterocycles. The molecule has 3 rings (SSSR count). The van der Waals surface area contributed by atoms with E-state index in [1.165, 1.54) is 16.1 Å². The van der Waals surface area contributed by atoms with Crippen molar-refractivity contribution in [3.05, 3.63) is 18.2 Å². The quantitative estimate of drug-likeness (QED) is 0.890. The molecule has 0 aromatic heterocycles. The van der Waals surface area contributed by atoms with Crippen molar-refractivity contribution in [3.8, 4) is 0 Å². The molecule has 24 heavy (non-hydrogen) atoms. The zero-order chi connectivity index (χ0) is 17.5. The molecule has 3 atom stereocenters. The molecule has 1 heterocycles. The maximum absolute atomic E-state index is 13.1. The van der Waals surface area contributed by atoms with Crippen LogP contribution in [-0.2, 0) is 14.8 Å². The Hall–Kier alpha value is -1.05. The highest BCUT2D eigenvalue weighted by molar-refractivity contribution is 8.00. The molecule has 0 unspecified atom stereocenters. The van der Waals surface area contributed by atoms with E-state index in [0.29, 0.717) is 23.3 Å². The lowest BCUT2D eigenvalue weighted by molar-refractivity contribution is -0.113. The molecule has 1 fully saturated rings. The van der Waals surface area contributed by atoms with Crippen molar-refractivity contribution in [2.75, 3.05) is 18.1 Å². The molecule has 5 nitrogen and oxygen atoms in total. The van der Waals surface area contributed by atoms with Crippen molar-refractivity contribution >= 4 is 33.4 Å². The lowest BCUT2D eigenvalue weighted by Gasteiger charge is -2.39. The Morgan fingerprint density at radius 3 is 2.75 bits per heavy atom. The molecular formula is C17H24N2O3S2. The minimum atomic E-state index is -3.57. The Bertz CT molecular complexity index is 748. The van der Waals surface area contributed by atoms with Crippen LogP contribution in [-0.4, -0.2) is 37.5 Å². The minimum absolute atomic E-state index is 0.0266. The molecule has 0 radical (unpaired) electrons. The van der Waals surface area contributed by atoms with Gasteiger partial charge in [-0.15, -0.1) is 11.8 Å². The van der Waals surface area contributed by atoms with Crippen molar-refractivity contribution in [1.82, 2.24) is 4.31 Å². The second kappa shape index (κ2) is 6.69. The highest BCUT2D eigenvalue weighted by atomic mass is 32.2. The SMILES string of the molecule is C[C@H]1[C@H](C)CCC[C@H]1N(C)S(=O)(=O)c1ccc2c(c1)NC(=O)CS2. The van der Waals surface area contributed by atoms with Gasteiger partial charge in [0.25, 0.3) is 0 Å². The van der Waals surface area contributed by atoms with E-state index in [1.54, 1.807) is 25.2 Å². The van der Waals surface area contributed by atoms with Crippen LogP contribution in [0.25, 0.3) is 0 Å². The first-order valence-corrected chi connectivity index (χ1v) is 10.8. The van der Waals surface area contributed by atoms with Gasteiger partial charge < -0.3 is 5.32 Å². The number of fused-ring (bicyclic) bond motifs is 1. The number of hydrogen-bond donors (Lipinski definition) is 1. The second-order valence-corrected chi connectivity index (χ2v) is 9.87. The lowest BCUT2D eigenvalue weighted by Crippen LogP contribution is -2.44. The van der Waals surface area contributed by atoms with E-state index in [0.717, 1.165) is 24.2 Å². The van der Waals surface area contributed by atoms with Gasteiger partial charge in [0.05, 0.1) is 16.3 Å². The predicted octanol–water partition coefficient (Wildman–Crippen LogP) is 3.18. The maximum atomic E-state index is 13.1. The van der Waals surface area contributed by atoms with E-state index in [-0.39, 0.29) is 16.8 Å². The van der Waals surface area contributed by atoms with Crippen molar-refractivity contribution < 1.29 is 13.2 Å². The monoisotopic (exact) mass is 368 g/mol. The van der Waals surface area contributed by atoms with E-state index in [9.17, 15) is 13.2 Å². The van der Waals surface area contributed by atoms with E-state index in [2.05, 4.69) is 19.2 Å². The predicted molar refractivity (Wildman–Crippen MR) is 96.7 cm³/mol. The Kier molecular flexibility index (Phi) is 4.95. The van der Waals surface area contributed by atoms with Gasteiger partial charge in [-0.05, 0) is 36.5 Å². The first-order chi connectivity index (χ1) is 11.3. The number of hydrogen-bond acceptors (Lipinski definition) is 4. The van der Waals surface area contributed by atoms with Gasteiger partial charge in [-0.3, -0.25) is 4.79 Å². The van der Waals surface area contributed by atoms with Gasteiger partial charge in [0.2, 0.25) is 15.9 Å². The topological polar surface area (TPSA) is 66.5 Å². The summed E-state index contributed by atoms with van der Waals surface area (Å²) in [7, 11) is -1.89. The molecule has 1 N–H and O–H groups in total. The van der Waals surface area contributed by atoms with Crippen LogP contribution in [0.2, 0.25) is 0 Å². The van der Waals surface area contributed by atoms with Crippen LogP contribution in [0, 0.1) is 11.8 Å². The van der Waals surface area contributed by atoms with Gasteiger partial charge in [0, 0.05) is 18.0 Å². The number of carbonyl (C=O) groups excluding carboxylic acids is 1. The Balaban J connectivity index is 1.90. The maximum Gasteiger partial charge on any atom is 0.243 e. The number of benzene rings is 1. The number of thioether (sulfide) groups is 1. The van der Waals surface area contributed by atoms with Gasteiger partial charge >= 0.3 is 0 Å². The lowest BCUT2D eigenvalue weighted by atomic mass is 9.78. The normalized spacial score (nSPS) is 27.7. The highest BCUT2D eigenvalue weighted by Gasteiger charge is 2.36.